The predicted octanol–water partition coefficient (Wildman–Crippen LogP) is 2.78. The van der Waals surface area contributed by atoms with Gasteiger partial charge in [0.1, 0.15) is 0 Å². The Morgan fingerprint density at radius 2 is 1.68 bits per heavy atom. The Morgan fingerprint density at radius 3 is 2.32 bits per heavy atom. The van der Waals surface area contributed by atoms with Crippen LogP contribution in [0.5, 0.6) is 0 Å². The topological polar surface area (TPSA) is 41.1 Å². The van der Waals surface area contributed by atoms with Crippen molar-refractivity contribution in [2.75, 3.05) is 0 Å². The first-order chi connectivity index (χ1) is 8.79. The molecule has 1 saturated carbocycles. The van der Waals surface area contributed by atoms with Crippen LogP contribution in [0, 0.1) is 5.92 Å². The van der Waals surface area contributed by atoms with Crippen LogP contribution in [0.15, 0.2) is 0 Å². The number of nitrogens with one attached hydrogen (secondary N) is 2. The molecule has 2 saturated heterocycles. The molecule has 2 unspecified atom stereocenters. The van der Waals surface area contributed by atoms with Crippen molar-refractivity contribution in [2.24, 2.45) is 5.92 Å². The molecular formula is C15H27ClN2O. The van der Waals surface area contributed by atoms with Crippen LogP contribution in [-0.2, 0) is 4.79 Å². The Labute approximate surface area is 122 Å². The number of rotatable bonds is 4. The zero-order valence-corrected chi connectivity index (χ0v) is 12.5. The van der Waals surface area contributed by atoms with Gasteiger partial charge in [-0.05, 0) is 38.0 Å². The monoisotopic (exact) mass is 286 g/mol. The molecule has 19 heavy (non-hydrogen) atoms. The van der Waals surface area contributed by atoms with Crippen molar-refractivity contribution in [2.45, 2.75) is 82.3 Å². The minimum atomic E-state index is 0. The first-order valence-electron chi connectivity index (χ1n) is 7.85. The van der Waals surface area contributed by atoms with Crippen LogP contribution in [0.3, 0.4) is 0 Å². The third-order valence-corrected chi connectivity index (χ3v) is 5.09. The minimum absolute atomic E-state index is 0. The maximum atomic E-state index is 12.0. The third-order valence-electron chi connectivity index (χ3n) is 5.09. The van der Waals surface area contributed by atoms with E-state index < -0.39 is 0 Å². The van der Waals surface area contributed by atoms with Crippen molar-refractivity contribution in [1.82, 2.24) is 10.6 Å². The maximum Gasteiger partial charge on any atom is 0.220 e. The quantitative estimate of drug-likeness (QED) is 0.834. The molecule has 0 aromatic carbocycles. The van der Waals surface area contributed by atoms with Gasteiger partial charge in [-0.1, -0.05) is 25.7 Å². The van der Waals surface area contributed by atoms with Crippen molar-refractivity contribution < 1.29 is 4.79 Å². The smallest absolute Gasteiger partial charge is 0.220 e. The molecule has 0 aromatic heterocycles. The number of amides is 1. The molecule has 1 aliphatic carbocycles. The molecule has 3 rings (SSSR count). The van der Waals surface area contributed by atoms with Crippen LogP contribution in [-0.4, -0.2) is 24.0 Å². The van der Waals surface area contributed by atoms with Crippen molar-refractivity contribution in [1.29, 1.82) is 0 Å². The number of fused-ring (bicyclic) bond motifs is 2. The Hall–Kier alpha value is -0.280. The minimum Gasteiger partial charge on any atom is -0.353 e. The van der Waals surface area contributed by atoms with Crippen LogP contribution in [0.1, 0.15) is 64.2 Å². The van der Waals surface area contributed by atoms with Gasteiger partial charge >= 0.3 is 0 Å². The number of carbonyl (C=O) groups excluding carboxylic acids is 1. The fraction of sp³-hybridized carbons (Fsp3) is 0.933. The van der Waals surface area contributed by atoms with Crippen LogP contribution in [0.2, 0.25) is 0 Å². The van der Waals surface area contributed by atoms with E-state index in [0.717, 1.165) is 31.6 Å². The van der Waals surface area contributed by atoms with E-state index in [1.165, 1.54) is 38.5 Å². The van der Waals surface area contributed by atoms with Gasteiger partial charge in [-0.3, -0.25) is 4.79 Å². The van der Waals surface area contributed by atoms with E-state index in [4.69, 9.17) is 0 Å². The Bertz CT molecular complexity index is 293. The molecule has 0 aromatic rings. The number of hydrogen-bond donors (Lipinski definition) is 2. The van der Waals surface area contributed by atoms with Gasteiger partial charge in [0.2, 0.25) is 5.91 Å². The van der Waals surface area contributed by atoms with E-state index in [1.807, 2.05) is 0 Å². The van der Waals surface area contributed by atoms with Gasteiger partial charge in [-0.2, -0.15) is 0 Å². The molecule has 2 aliphatic heterocycles. The summed E-state index contributed by atoms with van der Waals surface area (Å²) < 4.78 is 0. The summed E-state index contributed by atoms with van der Waals surface area (Å²) in [5.41, 5.74) is 0. The highest BCUT2D eigenvalue weighted by Crippen LogP contribution is 2.29. The molecule has 0 spiro atoms. The lowest BCUT2D eigenvalue weighted by Crippen LogP contribution is -2.48. The normalized spacial score (nSPS) is 34.0. The average Bonchev–Trinajstić information content (AvgIpc) is 2.97. The molecule has 3 aliphatic rings. The number of carbonyl (C=O) groups is 1. The lowest BCUT2D eigenvalue weighted by atomic mass is 9.98. The summed E-state index contributed by atoms with van der Waals surface area (Å²) in [4.78, 5) is 12.0. The molecule has 2 bridgehead atoms. The van der Waals surface area contributed by atoms with Crippen LogP contribution in [0.25, 0.3) is 0 Å². The molecular weight excluding hydrogens is 260 g/mol. The molecule has 1 amide bonds. The third kappa shape index (κ3) is 4.09. The number of piperidine rings is 1. The summed E-state index contributed by atoms with van der Waals surface area (Å²) >= 11 is 0. The fourth-order valence-electron chi connectivity index (χ4n) is 4.11. The first kappa shape index (κ1) is 15.1. The van der Waals surface area contributed by atoms with Gasteiger partial charge in [-0.25, -0.2) is 0 Å². The Morgan fingerprint density at radius 1 is 1.05 bits per heavy atom. The molecule has 0 radical (unpaired) electrons. The van der Waals surface area contributed by atoms with Crippen molar-refractivity contribution in [3.05, 3.63) is 0 Å². The Kier molecular flexibility index (Phi) is 5.52. The van der Waals surface area contributed by atoms with E-state index in [1.54, 1.807) is 0 Å². The van der Waals surface area contributed by atoms with Gasteiger partial charge in [0.15, 0.2) is 0 Å². The highest BCUT2D eigenvalue weighted by molar-refractivity contribution is 5.85. The van der Waals surface area contributed by atoms with E-state index in [2.05, 4.69) is 10.6 Å². The largest absolute Gasteiger partial charge is 0.353 e. The van der Waals surface area contributed by atoms with Crippen molar-refractivity contribution >= 4 is 18.3 Å². The maximum absolute atomic E-state index is 12.0. The SMILES string of the molecule is Cl.O=C(CCC1CCCC1)NC1CC2CCC(C1)N2. The zero-order chi connectivity index (χ0) is 12.4. The van der Waals surface area contributed by atoms with E-state index in [0.29, 0.717) is 24.0 Å². The summed E-state index contributed by atoms with van der Waals surface area (Å²) in [7, 11) is 0. The van der Waals surface area contributed by atoms with Gasteiger partial charge in [0, 0.05) is 24.5 Å². The summed E-state index contributed by atoms with van der Waals surface area (Å²) in [5.74, 6) is 1.13. The molecule has 2 atom stereocenters. The molecule has 3 nitrogen and oxygen atoms in total. The highest BCUT2D eigenvalue weighted by Gasteiger charge is 2.33. The van der Waals surface area contributed by atoms with Crippen molar-refractivity contribution in [3.8, 4) is 0 Å². The summed E-state index contributed by atoms with van der Waals surface area (Å²) in [6.45, 7) is 0. The van der Waals surface area contributed by atoms with Gasteiger partial charge < -0.3 is 10.6 Å². The lowest BCUT2D eigenvalue weighted by Gasteiger charge is -2.29. The van der Waals surface area contributed by atoms with E-state index in [9.17, 15) is 4.79 Å². The highest BCUT2D eigenvalue weighted by atomic mass is 35.5. The second-order valence-corrected chi connectivity index (χ2v) is 6.56. The van der Waals surface area contributed by atoms with E-state index in [-0.39, 0.29) is 12.4 Å². The molecule has 3 fully saturated rings. The van der Waals surface area contributed by atoms with Crippen LogP contribution >= 0.6 is 12.4 Å². The van der Waals surface area contributed by atoms with Crippen molar-refractivity contribution in [3.63, 3.8) is 0 Å². The number of halogens is 1. The van der Waals surface area contributed by atoms with Crippen LogP contribution in [0.4, 0.5) is 0 Å². The Balaban J connectivity index is 0.00000133. The van der Waals surface area contributed by atoms with Gasteiger partial charge in [0.05, 0.1) is 0 Å². The van der Waals surface area contributed by atoms with E-state index >= 15 is 0 Å². The molecule has 4 heteroatoms. The van der Waals surface area contributed by atoms with Gasteiger partial charge in [0.25, 0.3) is 0 Å². The standard InChI is InChI=1S/C15H26N2O.ClH/c18-15(8-5-11-3-1-2-4-11)17-14-9-12-6-7-13(10-14)16-12;/h11-14,16H,1-10H2,(H,17,18);1H. The first-order valence-corrected chi connectivity index (χ1v) is 7.85. The second kappa shape index (κ2) is 6.94. The molecule has 2 N–H and O–H groups in total. The fourth-order valence-corrected chi connectivity index (χ4v) is 4.11. The number of hydrogen-bond acceptors (Lipinski definition) is 2. The lowest BCUT2D eigenvalue weighted by molar-refractivity contribution is -0.122. The second-order valence-electron chi connectivity index (χ2n) is 6.56. The summed E-state index contributed by atoms with van der Waals surface area (Å²) in [5, 5.41) is 6.88. The average molecular weight is 287 g/mol. The molecule has 110 valence electrons. The summed E-state index contributed by atoms with van der Waals surface area (Å²) in [6, 6.07) is 1.78. The van der Waals surface area contributed by atoms with Crippen LogP contribution < -0.4 is 10.6 Å². The predicted molar refractivity (Wildman–Crippen MR) is 79.6 cm³/mol. The molecule has 2 heterocycles. The van der Waals surface area contributed by atoms with Gasteiger partial charge in [-0.15, -0.1) is 12.4 Å². The summed E-state index contributed by atoms with van der Waals surface area (Å²) in [6.07, 6.45) is 12.2. The zero-order valence-electron chi connectivity index (χ0n) is 11.7.